The number of rotatable bonds is 12. The maximum absolute atomic E-state index is 12.2. The van der Waals surface area contributed by atoms with E-state index in [0.717, 1.165) is 69.3 Å². The number of Topliss-reactive ketones (excluding diaryl/α,β-unsaturated/α-hetero) is 3. The van der Waals surface area contributed by atoms with Gasteiger partial charge in [0.25, 0.3) is 0 Å². The number of carbonyl (C=O) groups excluding carboxylic acids is 3. The molecule has 0 saturated heterocycles. The van der Waals surface area contributed by atoms with Crippen molar-refractivity contribution >= 4 is 17.3 Å². The van der Waals surface area contributed by atoms with Gasteiger partial charge in [0.05, 0.1) is 36.1 Å². The second kappa shape index (κ2) is 21.4. The minimum absolute atomic E-state index is 0. The summed E-state index contributed by atoms with van der Waals surface area (Å²) in [5, 5.41) is 30.3. The molecule has 0 aliphatic heterocycles. The summed E-state index contributed by atoms with van der Waals surface area (Å²) in [5.41, 5.74) is 9.02. The van der Waals surface area contributed by atoms with Gasteiger partial charge >= 0.3 is 0 Å². The van der Waals surface area contributed by atoms with E-state index < -0.39 is 18.3 Å². The normalized spacial score (nSPS) is 19.0. The summed E-state index contributed by atoms with van der Waals surface area (Å²) in [6.45, 7) is 6.05. The van der Waals surface area contributed by atoms with E-state index in [1.807, 2.05) is 75.4 Å². The highest BCUT2D eigenvalue weighted by atomic mass is 16.3. The van der Waals surface area contributed by atoms with E-state index in [-0.39, 0.29) is 42.5 Å². The zero-order valence-corrected chi connectivity index (χ0v) is 31.9. The third-order valence-electron chi connectivity index (χ3n) is 10.8. The Morgan fingerprint density at radius 3 is 1.02 bits per heavy atom. The van der Waals surface area contributed by atoms with E-state index >= 15 is 0 Å². The SMILES string of the molecule is C.C#CCCCC(O)C1Cc2cc(C)ccc2C1=O.C#CCCCC(O)C1Cc2cc(C)ccc2C1=O.C#CCCCC(O)C1Cc2cc(C)ccc2C1=O. The first-order valence-electron chi connectivity index (χ1n) is 19.2. The third kappa shape index (κ3) is 11.6. The van der Waals surface area contributed by atoms with E-state index in [2.05, 4.69) is 17.8 Å². The van der Waals surface area contributed by atoms with Crippen molar-refractivity contribution < 1.29 is 29.7 Å². The Morgan fingerprint density at radius 2 is 0.782 bits per heavy atom. The smallest absolute Gasteiger partial charge is 0.169 e. The quantitative estimate of drug-likeness (QED) is 0.128. The van der Waals surface area contributed by atoms with Crippen LogP contribution >= 0.6 is 0 Å². The van der Waals surface area contributed by atoms with Crippen LogP contribution in [0, 0.1) is 75.6 Å². The van der Waals surface area contributed by atoms with Crippen molar-refractivity contribution in [3.05, 3.63) is 105 Å². The number of aliphatic hydroxyl groups is 3. The molecule has 6 heteroatoms. The van der Waals surface area contributed by atoms with E-state index in [4.69, 9.17) is 19.3 Å². The predicted octanol–water partition coefficient (Wildman–Crippen LogP) is 8.18. The van der Waals surface area contributed by atoms with Crippen LogP contribution < -0.4 is 0 Å². The Kier molecular flexibility index (Phi) is 17.3. The average Bonchev–Trinajstić information content (AvgIpc) is 3.78. The van der Waals surface area contributed by atoms with Gasteiger partial charge < -0.3 is 15.3 Å². The van der Waals surface area contributed by atoms with Crippen molar-refractivity contribution in [3.8, 4) is 37.0 Å². The summed E-state index contributed by atoms with van der Waals surface area (Å²) < 4.78 is 0. The zero-order chi connectivity index (χ0) is 39.4. The molecule has 3 aromatic rings. The molecule has 0 heterocycles. The highest BCUT2D eigenvalue weighted by Gasteiger charge is 2.37. The lowest BCUT2D eigenvalue weighted by molar-refractivity contribution is 0.0670. The monoisotopic (exact) mass is 742 g/mol. The number of terminal acetylenes is 3. The van der Waals surface area contributed by atoms with E-state index in [9.17, 15) is 29.7 Å². The van der Waals surface area contributed by atoms with Gasteiger partial charge in [-0.15, -0.1) is 37.0 Å². The molecule has 6 rings (SSSR count). The molecule has 0 amide bonds. The maximum atomic E-state index is 12.2. The topological polar surface area (TPSA) is 112 Å². The zero-order valence-electron chi connectivity index (χ0n) is 31.9. The summed E-state index contributed by atoms with van der Waals surface area (Å²) in [4.78, 5) is 36.5. The molecule has 0 radical (unpaired) electrons. The predicted molar refractivity (Wildman–Crippen MR) is 221 cm³/mol. The molecule has 0 saturated carbocycles. The number of carbonyl (C=O) groups is 3. The van der Waals surface area contributed by atoms with Gasteiger partial charge in [-0.2, -0.15) is 0 Å². The van der Waals surface area contributed by atoms with Crippen LogP contribution in [-0.4, -0.2) is 51.0 Å². The lowest BCUT2D eigenvalue weighted by Crippen LogP contribution is -2.25. The molecule has 3 aromatic carbocycles. The van der Waals surface area contributed by atoms with Crippen LogP contribution in [0.5, 0.6) is 0 Å². The van der Waals surface area contributed by atoms with Crippen molar-refractivity contribution in [2.45, 2.75) is 124 Å². The first-order valence-corrected chi connectivity index (χ1v) is 19.2. The lowest BCUT2D eigenvalue weighted by Gasteiger charge is -2.15. The largest absolute Gasteiger partial charge is 0.392 e. The number of ketones is 3. The summed E-state index contributed by atoms with van der Waals surface area (Å²) in [6, 6.07) is 17.6. The highest BCUT2D eigenvalue weighted by molar-refractivity contribution is 6.03. The summed E-state index contributed by atoms with van der Waals surface area (Å²) >= 11 is 0. The van der Waals surface area contributed by atoms with Crippen molar-refractivity contribution in [1.29, 1.82) is 0 Å². The van der Waals surface area contributed by atoms with Gasteiger partial charge in [-0.3, -0.25) is 14.4 Å². The standard InChI is InChI=1S/3C16H18O2.CH4/c3*1-3-4-5-6-15(17)14-10-12-9-11(2)7-8-13(12)16(14)18;/h3*1,7-9,14-15,17H,4-6,10H2,2H3;1H4. The number of hydrogen-bond donors (Lipinski definition) is 3. The highest BCUT2D eigenvalue weighted by Crippen LogP contribution is 2.33. The second-order valence-corrected chi connectivity index (χ2v) is 15.0. The number of aliphatic hydroxyl groups excluding tert-OH is 3. The summed E-state index contributed by atoms with van der Waals surface area (Å²) in [6.07, 6.45) is 21.9. The molecule has 6 nitrogen and oxygen atoms in total. The molecule has 0 spiro atoms. The first-order chi connectivity index (χ1) is 25.9. The van der Waals surface area contributed by atoms with Crippen LogP contribution in [-0.2, 0) is 19.3 Å². The van der Waals surface area contributed by atoms with Gasteiger partial charge in [0.1, 0.15) is 0 Å². The van der Waals surface area contributed by atoms with E-state index in [1.54, 1.807) is 0 Å². The number of hydrogen-bond acceptors (Lipinski definition) is 6. The second-order valence-electron chi connectivity index (χ2n) is 15.0. The van der Waals surface area contributed by atoms with E-state index in [1.165, 1.54) is 0 Å². The number of unbranched alkanes of at least 4 members (excludes halogenated alkanes) is 3. The fourth-order valence-corrected chi connectivity index (χ4v) is 7.76. The molecule has 6 unspecified atom stereocenters. The molecule has 0 aromatic heterocycles. The van der Waals surface area contributed by atoms with Gasteiger partial charge in [-0.25, -0.2) is 0 Å². The number of aryl methyl sites for hydroxylation is 3. The average molecular weight is 743 g/mol. The van der Waals surface area contributed by atoms with Crippen LogP contribution in [0.25, 0.3) is 0 Å². The van der Waals surface area contributed by atoms with Gasteiger partial charge in [0.15, 0.2) is 17.3 Å². The van der Waals surface area contributed by atoms with Crippen LogP contribution in [0.4, 0.5) is 0 Å². The Morgan fingerprint density at radius 1 is 0.527 bits per heavy atom. The minimum atomic E-state index is -0.571. The minimum Gasteiger partial charge on any atom is -0.392 e. The molecule has 0 fully saturated rings. The molecule has 55 heavy (non-hydrogen) atoms. The van der Waals surface area contributed by atoms with Crippen molar-refractivity contribution in [2.75, 3.05) is 0 Å². The maximum Gasteiger partial charge on any atom is 0.169 e. The fraction of sp³-hybridized carbons (Fsp3) is 0.449. The molecule has 0 bridgehead atoms. The molecule has 3 N–H and O–H groups in total. The molecule has 6 atom stereocenters. The fourth-order valence-electron chi connectivity index (χ4n) is 7.76. The van der Waals surface area contributed by atoms with Crippen LogP contribution in [0.1, 0.15) is 130 Å². The van der Waals surface area contributed by atoms with Gasteiger partial charge in [0, 0.05) is 36.0 Å². The lowest BCUT2D eigenvalue weighted by atomic mass is 9.94. The third-order valence-corrected chi connectivity index (χ3v) is 10.8. The van der Waals surface area contributed by atoms with E-state index in [0.29, 0.717) is 57.8 Å². The van der Waals surface area contributed by atoms with Crippen molar-refractivity contribution in [3.63, 3.8) is 0 Å². The molecular formula is C49H58O6. The van der Waals surface area contributed by atoms with Gasteiger partial charge in [0.2, 0.25) is 0 Å². The van der Waals surface area contributed by atoms with Crippen LogP contribution in [0.2, 0.25) is 0 Å². The summed E-state index contributed by atoms with van der Waals surface area (Å²) in [5.74, 6) is 7.07. The Labute approximate surface area is 329 Å². The van der Waals surface area contributed by atoms with Crippen molar-refractivity contribution in [1.82, 2.24) is 0 Å². The molecule has 3 aliphatic rings. The molecule has 290 valence electrons. The number of benzene rings is 3. The number of fused-ring (bicyclic) bond motifs is 3. The Hall–Kier alpha value is -4.77. The Balaban J connectivity index is 0.000000220. The van der Waals surface area contributed by atoms with Crippen LogP contribution in [0.3, 0.4) is 0 Å². The van der Waals surface area contributed by atoms with Crippen molar-refractivity contribution in [2.24, 2.45) is 17.8 Å². The van der Waals surface area contributed by atoms with Gasteiger partial charge in [-0.1, -0.05) is 78.7 Å². The van der Waals surface area contributed by atoms with Gasteiger partial charge in [-0.05, 0) is 95.2 Å². The molecular weight excluding hydrogens is 685 g/mol. The van der Waals surface area contributed by atoms with Crippen LogP contribution in [0.15, 0.2) is 54.6 Å². The molecule has 3 aliphatic carbocycles. The Bertz CT molecular complexity index is 1710. The first kappa shape index (κ1) is 44.6. The summed E-state index contributed by atoms with van der Waals surface area (Å²) in [7, 11) is 0.